The minimum atomic E-state index is 0.326. The lowest BCUT2D eigenvalue weighted by Gasteiger charge is -2.33. The van der Waals surface area contributed by atoms with E-state index in [0.29, 0.717) is 5.92 Å². The van der Waals surface area contributed by atoms with E-state index in [9.17, 15) is 0 Å². The lowest BCUT2D eigenvalue weighted by atomic mass is 9.88. The molecule has 3 rings (SSSR count). The van der Waals surface area contributed by atoms with Gasteiger partial charge < -0.3 is 19.8 Å². The van der Waals surface area contributed by atoms with Crippen molar-refractivity contribution in [1.82, 2.24) is 4.90 Å². The predicted octanol–water partition coefficient (Wildman–Crippen LogP) is 4.99. The first-order valence-electron chi connectivity index (χ1n) is 10.1. The van der Waals surface area contributed by atoms with Crippen LogP contribution in [0.15, 0.2) is 36.4 Å². The number of methoxy groups -OCH3 is 2. The summed E-state index contributed by atoms with van der Waals surface area (Å²) >= 11 is 0. The Morgan fingerprint density at radius 3 is 2.59 bits per heavy atom. The van der Waals surface area contributed by atoms with Crippen LogP contribution in [0.4, 0.5) is 0 Å². The van der Waals surface area contributed by atoms with E-state index >= 15 is 0 Å². The summed E-state index contributed by atoms with van der Waals surface area (Å²) in [6, 6.07) is 12.4. The summed E-state index contributed by atoms with van der Waals surface area (Å²) in [5.74, 6) is 1.20. The van der Waals surface area contributed by atoms with Crippen LogP contribution >= 0.6 is 0 Å². The lowest BCUT2D eigenvalue weighted by Crippen LogP contribution is -2.39. The van der Waals surface area contributed by atoms with Crippen LogP contribution in [0.3, 0.4) is 0 Å². The number of hydrogen-bond donors (Lipinski definition) is 1. The Hall–Kier alpha value is -1.91. The lowest BCUT2D eigenvalue weighted by molar-refractivity contribution is 0.154. The molecule has 0 amide bonds. The van der Waals surface area contributed by atoms with E-state index in [4.69, 9.17) is 14.9 Å². The third-order valence-corrected chi connectivity index (χ3v) is 5.09. The van der Waals surface area contributed by atoms with Crippen molar-refractivity contribution in [2.45, 2.75) is 33.1 Å². The summed E-state index contributed by atoms with van der Waals surface area (Å²) in [4.78, 5) is 2.48. The second-order valence-corrected chi connectivity index (χ2v) is 6.83. The fourth-order valence-electron chi connectivity index (χ4n) is 3.68. The Morgan fingerprint density at radius 1 is 1.11 bits per heavy atom. The molecular weight excluding hydrogens is 336 g/mol. The molecule has 0 aliphatic carbocycles. The Morgan fingerprint density at radius 2 is 1.85 bits per heavy atom. The van der Waals surface area contributed by atoms with Crippen molar-refractivity contribution >= 4 is 16.5 Å². The van der Waals surface area contributed by atoms with Crippen LogP contribution in [0.2, 0.25) is 0 Å². The molecule has 0 bridgehead atoms. The van der Waals surface area contributed by atoms with Crippen LogP contribution in [0, 0.1) is 11.3 Å². The smallest absolute Gasteiger partial charge is 0.119 e. The van der Waals surface area contributed by atoms with Crippen molar-refractivity contribution in [2.75, 3.05) is 40.5 Å². The summed E-state index contributed by atoms with van der Waals surface area (Å²) in [5.41, 5.74) is 1.82. The zero-order valence-electron chi connectivity index (χ0n) is 17.3. The van der Waals surface area contributed by atoms with Gasteiger partial charge in [0.2, 0.25) is 0 Å². The SMILES string of the molecule is CC.COCCCN1CCCC(C(=N)c2ccc3cc(OC)ccc3c2)C1. The van der Waals surface area contributed by atoms with E-state index in [1.807, 2.05) is 26.0 Å². The van der Waals surface area contributed by atoms with Crippen molar-refractivity contribution in [3.63, 3.8) is 0 Å². The van der Waals surface area contributed by atoms with E-state index in [-0.39, 0.29) is 0 Å². The molecule has 1 unspecified atom stereocenters. The maximum Gasteiger partial charge on any atom is 0.119 e. The van der Waals surface area contributed by atoms with Crippen molar-refractivity contribution in [3.05, 3.63) is 42.0 Å². The highest BCUT2D eigenvalue weighted by Crippen LogP contribution is 2.25. The Bertz CT molecular complexity index is 729. The first kappa shape index (κ1) is 21.4. The highest BCUT2D eigenvalue weighted by atomic mass is 16.5. The number of rotatable bonds is 7. The number of nitrogens with zero attached hydrogens (tertiary/aromatic N) is 1. The van der Waals surface area contributed by atoms with Crippen molar-refractivity contribution < 1.29 is 9.47 Å². The van der Waals surface area contributed by atoms with E-state index in [1.54, 1.807) is 14.2 Å². The molecule has 0 aromatic heterocycles. The van der Waals surface area contributed by atoms with Gasteiger partial charge in [-0.3, -0.25) is 0 Å². The average Bonchev–Trinajstić information content (AvgIpc) is 2.74. The molecule has 2 aromatic carbocycles. The number of likely N-dealkylation sites (tertiary alicyclic amines) is 1. The fraction of sp³-hybridized carbons (Fsp3) is 0.522. The first-order chi connectivity index (χ1) is 13.2. The van der Waals surface area contributed by atoms with Crippen molar-refractivity contribution in [1.29, 1.82) is 5.41 Å². The monoisotopic (exact) mass is 370 g/mol. The molecule has 4 nitrogen and oxygen atoms in total. The minimum Gasteiger partial charge on any atom is -0.497 e. The van der Waals surface area contributed by atoms with Gasteiger partial charge in [-0.05, 0) is 60.3 Å². The molecule has 1 fully saturated rings. The van der Waals surface area contributed by atoms with Crippen LogP contribution in [-0.4, -0.2) is 51.1 Å². The van der Waals surface area contributed by atoms with E-state index in [1.165, 1.54) is 6.42 Å². The quantitative estimate of drug-likeness (QED) is 0.551. The van der Waals surface area contributed by atoms with Gasteiger partial charge in [0.1, 0.15) is 5.75 Å². The van der Waals surface area contributed by atoms with Gasteiger partial charge >= 0.3 is 0 Å². The number of fused-ring (bicyclic) bond motifs is 1. The Kier molecular flexibility index (Phi) is 8.76. The Balaban J connectivity index is 0.00000126. The summed E-state index contributed by atoms with van der Waals surface area (Å²) < 4.78 is 10.4. The topological polar surface area (TPSA) is 45.5 Å². The molecule has 1 aliphatic rings. The van der Waals surface area contributed by atoms with Gasteiger partial charge in [0.15, 0.2) is 0 Å². The number of piperidine rings is 1. The van der Waals surface area contributed by atoms with Gasteiger partial charge in [-0.25, -0.2) is 0 Å². The summed E-state index contributed by atoms with van der Waals surface area (Å²) in [7, 11) is 3.44. The summed E-state index contributed by atoms with van der Waals surface area (Å²) in [5, 5.41) is 11.0. The molecule has 1 aliphatic heterocycles. The van der Waals surface area contributed by atoms with Gasteiger partial charge in [-0.1, -0.05) is 32.0 Å². The zero-order chi connectivity index (χ0) is 19.6. The zero-order valence-corrected chi connectivity index (χ0v) is 17.3. The van der Waals surface area contributed by atoms with Crippen LogP contribution in [0.5, 0.6) is 5.75 Å². The highest BCUT2D eigenvalue weighted by molar-refractivity contribution is 6.03. The summed E-state index contributed by atoms with van der Waals surface area (Å²) in [6.45, 7) is 8.01. The largest absolute Gasteiger partial charge is 0.497 e. The molecule has 27 heavy (non-hydrogen) atoms. The third kappa shape index (κ3) is 5.78. The molecule has 0 saturated carbocycles. The van der Waals surface area contributed by atoms with Crippen LogP contribution < -0.4 is 4.74 Å². The normalized spacial score (nSPS) is 17.3. The molecule has 2 aromatic rings. The van der Waals surface area contributed by atoms with E-state index in [0.717, 1.165) is 66.9 Å². The molecule has 0 radical (unpaired) electrons. The second kappa shape index (κ2) is 11.1. The summed E-state index contributed by atoms with van der Waals surface area (Å²) in [6.07, 6.45) is 3.35. The van der Waals surface area contributed by atoms with E-state index in [2.05, 4.69) is 29.2 Å². The standard InChI is InChI=1S/C21H28N2O2.C2H6/c1-24-12-4-11-23-10-3-5-19(15-23)21(22)18-7-6-17-14-20(25-2)9-8-16(17)13-18;1-2/h6-9,13-14,19,22H,3-5,10-12,15H2,1-2H3;1-2H3. The van der Waals surface area contributed by atoms with Gasteiger partial charge in [0.05, 0.1) is 7.11 Å². The number of benzene rings is 2. The number of ether oxygens (including phenoxy) is 2. The Labute approximate surface area is 164 Å². The van der Waals surface area contributed by atoms with Gasteiger partial charge in [-0.2, -0.15) is 0 Å². The van der Waals surface area contributed by atoms with Crippen LogP contribution in [0.25, 0.3) is 10.8 Å². The second-order valence-electron chi connectivity index (χ2n) is 6.83. The molecule has 0 spiro atoms. The number of hydrogen-bond acceptors (Lipinski definition) is 4. The minimum absolute atomic E-state index is 0.326. The number of nitrogens with one attached hydrogen (secondary N) is 1. The fourth-order valence-corrected chi connectivity index (χ4v) is 3.68. The van der Waals surface area contributed by atoms with Crippen LogP contribution in [-0.2, 0) is 4.74 Å². The first-order valence-corrected chi connectivity index (χ1v) is 10.1. The molecule has 1 atom stereocenters. The van der Waals surface area contributed by atoms with Crippen molar-refractivity contribution in [2.24, 2.45) is 5.92 Å². The maximum atomic E-state index is 8.71. The van der Waals surface area contributed by atoms with Gasteiger partial charge in [0.25, 0.3) is 0 Å². The highest BCUT2D eigenvalue weighted by Gasteiger charge is 2.24. The van der Waals surface area contributed by atoms with Gasteiger partial charge in [0, 0.05) is 38.4 Å². The molecule has 148 valence electrons. The molecule has 1 saturated heterocycles. The molecule has 4 heteroatoms. The van der Waals surface area contributed by atoms with Crippen molar-refractivity contribution in [3.8, 4) is 5.75 Å². The molecular formula is C23H34N2O2. The third-order valence-electron chi connectivity index (χ3n) is 5.09. The average molecular weight is 371 g/mol. The predicted molar refractivity (Wildman–Crippen MR) is 114 cm³/mol. The molecule has 1 heterocycles. The van der Waals surface area contributed by atoms with Gasteiger partial charge in [-0.15, -0.1) is 0 Å². The van der Waals surface area contributed by atoms with E-state index < -0.39 is 0 Å². The maximum absolute atomic E-state index is 8.71. The molecule has 1 N–H and O–H groups in total. The van der Waals surface area contributed by atoms with Crippen LogP contribution in [0.1, 0.15) is 38.7 Å².